The molecule has 3 aromatic heterocycles. The number of amides is 4. The van der Waals surface area contributed by atoms with Crippen LogP contribution in [-0.2, 0) is 163 Å². The lowest BCUT2D eigenvalue weighted by Gasteiger charge is -2.42. The molecule has 6 aliphatic heterocycles. The number of aromatic nitrogens is 9. The average Bonchev–Trinajstić information content (AvgIpc) is 1.62. The number of ether oxygens (including phenoxy) is 21. The number of rotatable bonds is 70. The molecule has 0 saturated carbocycles. The summed E-state index contributed by atoms with van der Waals surface area (Å²) in [6.45, 7) is 10.2. The number of aliphatic hydroxyl groups excluding tert-OH is 7. The molecule has 9 rings (SSSR count). The van der Waals surface area contributed by atoms with Crippen LogP contribution in [0, 0.1) is 0 Å². The molecule has 4 amide bonds. The molecular formula is C77H129N13O33. The zero-order valence-corrected chi connectivity index (χ0v) is 70.7. The number of fused-ring (bicyclic) bond motifs is 6. The molecule has 15 atom stereocenters. The largest absolute Gasteiger partial charge is 0.396 e. The Labute approximate surface area is 713 Å². The number of ketones is 1. The van der Waals surface area contributed by atoms with Crippen LogP contribution < -0.4 is 21.3 Å². The molecule has 9 heterocycles. The van der Waals surface area contributed by atoms with Crippen molar-refractivity contribution in [1.82, 2.24) is 66.2 Å². The van der Waals surface area contributed by atoms with Gasteiger partial charge in [-0.05, 0) is 25.7 Å². The molecule has 123 heavy (non-hydrogen) atoms. The molecule has 0 aromatic carbocycles. The number of carbonyl (C=O) groups is 5. The van der Waals surface area contributed by atoms with Crippen LogP contribution >= 0.6 is 0 Å². The Bertz CT molecular complexity index is 3200. The molecule has 0 radical (unpaired) electrons. The molecule has 6 saturated heterocycles. The van der Waals surface area contributed by atoms with Crippen molar-refractivity contribution >= 4 is 29.4 Å². The number of unbranched alkanes of at least 4 members (excludes halogenated alkanes) is 5. The highest BCUT2D eigenvalue weighted by Crippen LogP contribution is 2.40. The van der Waals surface area contributed by atoms with Crippen molar-refractivity contribution in [3.8, 4) is 0 Å². The summed E-state index contributed by atoms with van der Waals surface area (Å²) < 4.78 is 127. The molecule has 6 aliphatic rings. The molecular weight excluding hydrogens is 1630 g/mol. The minimum absolute atomic E-state index is 0.0102. The Morgan fingerprint density at radius 3 is 0.959 bits per heavy atom. The standard InChI is InChI=1S/C77H129N13O33/c1-54(92)78-62-65(97)68(100)75(51-118-71(62)121-75)48-112-36-33-109-30-27-106-24-21-103-18-14-88-39-57(82-85-88)42-115-45-74(81-61(96)13-9-5-4-7-11-60(95)12-8-6-10-17-91,46-116-43-58-40-89(86-83-58)15-19-104-22-25-107-28-31-110-34-37-113-49-76-52-119-72(122-76)63(79-55(2)93)66(98)69(76)101)47-117-44-59-41-90(87-84-59)16-20-105-23-26-108-29-32-111-35-38-114-50-77-53-120-73(123-77)64(80-56(3)94)67(99)70(77)102/h39-41,62-73,91,97-102H,4-38,42-53H2,1-3H3,(H,78,92)(H,79,93)(H,80,94)(H,81,96)/t62-,63-,64-,65-,66-,67-,68-,69-,70-,71+,72+,73+,75+,76+,77+/m1/s1. The molecule has 0 aliphatic carbocycles. The van der Waals surface area contributed by atoms with Crippen LogP contribution in [0.15, 0.2) is 18.6 Å². The van der Waals surface area contributed by atoms with E-state index in [1.165, 1.54) is 20.8 Å². The van der Waals surface area contributed by atoms with Crippen molar-refractivity contribution in [3.63, 3.8) is 0 Å². The van der Waals surface area contributed by atoms with Crippen LogP contribution in [-0.4, -0.2) is 411 Å². The monoisotopic (exact) mass is 1760 g/mol. The van der Waals surface area contributed by atoms with E-state index in [0.29, 0.717) is 155 Å². The van der Waals surface area contributed by atoms with Gasteiger partial charge in [-0.25, -0.2) is 14.0 Å². The van der Waals surface area contributed by atoms with Crippen LogP contribution in [0.1, 0.15) is 102 Å². The summed E-state index contributed by atoms with van der Waals surface area (Å²) in [4.78, 5) is 61.5. The predicted molar refractivity (Wildman–Crippen MR) is 418 cm³/mol. The second-order valence-electron chi connectivity index (χ2n) is 31.0. The van der Waals surface area contributed by atoms with Crippen LogP contribution in [0.3, 0.4) is 0 Å². The van der Waals surface area contributed by atoms with Gasteiger partial charge in [0.15, 0.2) is 18.9 Å². The van der Waals surface area contributed by atoms with E-state index in [9.17, 15) is 54.6 Å². The van der Waals surface area contributed by atoms with E-state index in [-0.39, 0.29) is 163 Å². The van der Waals surface area contributed by atoms with Crippen molar-refractivity contribution in [2.45, 2.75) is 220 Å². The van der Waals surface area contributed by atoms with Crippen LogP contribution in [0.25, 0.3) is 0 Å². The van der Waals surface area contributed by atoms with E-state index in [4.69, 9.17) is 105 Å². The summed E-state index contributed by atoms with van der Waals surface area (Å²) in [5.41, 5.74) is -3.63. The first kappa shape index (κ1) is 101. The van der Waals surface area contributed by atoms with Gasteiger partial charge >= 0.3 is 0 Å². The average molecular weight is 1760 g/mol. The maximum Gasteiger partial charge on any atom is 0.220 e. The van der Waals surface area contributed by atoms with Crippen LogP contribution in [0.2, 0.25) is 0 Å². The third-order valence-corrected chi connectivity index (χ3v) is 20.8. The number of aliphatic hydroxyl groups is 7. The Morgan fingerprint density at radius 2 is 0.667 bits per heavy atom. The number of Topliss-reactive ketones (excluding diaryl/α,β-unsaturated/α-hetero) is 1. The maximum absolute atomic E-state index is 14.2. The van der Waals surface area contributed by atoms with E-state index in [0.717, 1.165) is 19.3 Å². The fourth-order valence-electron chi connectivity index (χ4n) is 14.3. The minimum atomic E-state index is -1.35. The summed E-state index contributed by atoms with van der Waals surface area (Å²) in [5.74, 6) is -1.27. The van der Waals surface area contributed by atoms with E-state index in [1.807, 2.05) is 0 Å². The van der Waals surface area contributed by atoms with Crippen molar-refractivity contribution in [1.29, 1.82) is 0 Å². The summed E-state index contributed by atoms with van der Waals surface area (Å²) in [5, 5.41) is 110. The van der Waals surface area contributed by atoms with Crippen molar-refractivity contribution in [2.75, 3.05) is 205 Å². The second-order valence-corrected chi connectivity index (χ2v) is 31.0. The quantitative estimate of drug-likeness (QED) is 0.0236. The normalized spacial score (nSPS) is 25.9. The Hall–Kier alpha value is -6.15. The zero-order chi connectivity index (χ0) is 87.6. The lowest BCUT2D eigenvalue weighted by atomic mass is 9.88. The number of hydrogen-bond acceptors (Lipinski definition) is 39. The lowest BCUT2D eigenvalue weighted by Crippen LogP contribution is -2.66. The molecule has 0 unspecified atom stereocenters. The third-order valence-electron chi connectivity index (χ3n) is 20.8. The SMILES string of the molecule is CC(=O)N[C@H]1[C@H]2OC[C@](COCCOCCOCCOCCn3cc(COCC(COCc4cn(CCOCCOCCOCCOC[C@@]56CO[C@@H](O5)[C@H](NC(C)=O)[C@@H](O)[C@H]6O)nn4)(COCc4cn(CCOCCOCCOCCOC[C@@]56CO[C@@H](O5)[C@H](NC(C)=O)[C@@H](O)[C@H]6O)nn4)NC(=O)CCCCCCC(=O)CCCCCO)nn3)(O2)[C@H](O)[C@@H]1O. The first-order chi connectivity index (χ1) is 59.6. The second kappa shape index (κ2) is 54.2. The molecule has 0 spiro atoms. The van der Waals surface area contributed by atoms with Crippen molar-refractivity contribution < 1.29 is 159 Å². The predicted octanol–water partition coefficient (Wildman–Crippen LogP) is -5.02. The number of nitrogens with one attached hydrogen (secondary N) is 4. The highest BCUT2D eigenvalue weighted by Gasteiger charge is 2.62. The van der Waals surface area contributed by atoms with Gasteiger partial charge in [-0.1, -0.05) is 34.9 Å². The Morgan fingerprint density at radius 1 is 0.390 bits per heavy atom. The molecule has 6 fully saturated rings. The first-order valence-electron chi connectivity index (χ1n) is 42.2. The number of hydrogen-bond donors (Lipinski definition) is 11. The van der Waals surface area contributed by atoms with Gasteiger partial charge in [0.2, 0.25) is 23.6 Å². The fourth-order valence-corrected chi connectivity index (χ4v) is 14.3. The van der Waals surface area contributed by atoms with Gasteiger partial charge in [-0.15, -0.1) is 15.3 Å². The first-order valence-corrected chi connectivity index (χ1v) is 42.2. The molecule has 3 aromatic rings. The maximum atomic E-state index is 14.2. The summed E-state index contributed by atoms with van der Waals surface area (Å²) in [6.07, 6.45) is 0.548. The minimum Gasteiger partial charge on any atom is -0.396 e. The summed E-state index contributed by atoms with van der Waals surface area (Å²) in [6, 6.07) is -2.73. The zero-order valence-electron chi connectivity index (χ0n) is 70.7. The fraction of sp³-hybridized carbons (Fsp3) is 0.857. The van der Waals surface area contributed by atoms with Crippen molar-refractivity contribution in [2.24, 2.45) is 0 Å². The lowest BCUT2D eigenvalue weighted by molar-refractivity contribution is -0.238. The smallest absolute Gasteiger partial charge is 0.220 e. The van der Waals surface area contributed by atoms with Gasteiger partial charge in [-0.3, -0.25) is 24.0 Å². The van der Waals surface area contributed by atoms with Crippen LogP contribution in [0.5, 0.6) is 0 Å². The molecule has 6 bridgehead atoms. The van der Waals surface area contributed by atoms with E-state index in [2.05, 4.69) is 52.2 Å². The van der Waals surface area contributed by atoms with Gasteiger partial charge in [0.05, 0.1) is 256 Å². The summed E-state index contributed by atoms with van der Waals surface area (Å²) in [7, 11) is 0. The van der Waals surface area contributed by atoms with Gasteiger partial charge < -0.3 is 156 Å². The molecule has 46 heteroatoms. The number of nitrogens with zero attached hydrogens (tertiary/aromatic N) is 9. The highest BCUT2D eigenvalue weighted by molar-refractivity contribution is 5.78. The van der Waals surface area contributed by atoms with Crippen LogP contribution in [0.4, 0.5) is 0 Å². The van der Waals surface area contributed by atoms with E-state index in [1.54, 1.807) is 32.6 Å². The van der Waals surface area contributed by atoms with Crippen molar-refractivity contribution in [3.05, 3.63) is 35.7 Å². The summed E-state index contributed by atoms with van der Waals surface area (Å²) >= 11 is 0. The third kappa shape index (κ3) is 33.5. The van der Waals surface area contributed by atoms with Gasteiger partial charge in [0, 0.05) is 46.6 Å². The van der Waals surface area contributed by atoms with Gasteiger partial charge in [0.25, 0.3) is 0 Å². The van der Waals surface area contributed by atoms with Gasteiger partial charge in [-0.2, -0.15) is 0 Å². The highest BCUT2D eigenvalue weighted by atomic mass is 16.8. The topological polar surface area (TPSA) is 561 Å². The number of carbonyl (C=O) groups excluding carboxylic acids is 5. The van der Waals surface area contributed by atoms with E-state index < -0.39 is 114 Å². The Kier molecular flexibility index (Phi) is 44.4. The van der Waals surface area contributed by atoms with E-state index >= 15 is 0 Å². The van der Waals surface area contributed by atoms with Gasteiger partial charge in [0.1, 0.15) is 100.0 Å². The molecule has 46 nitrogen and oxygen atoms in total. The Balaban J connectivity index is 0.695. The molecule has 700 valence electrons. The molecule has 11 N–H and O–H groups in total.